The summed E-state index contributed by atoms with van der Waals surface area (Å²) in [6.45, 7) is 2.72. The Morgan fingerprint density at radius 1 is 1.42 bits per heavy atom. The van der Waals surface area contributed by atoms with Crippen LogP contribution in [-0.4, -0.2) is 34.4 Å². The molecule has 134 valence electrons. The molecule has 0 radical (unpaired) electrons. The van der Waals surface area contributed by atoms with Gasteiger partial charge in [-0.15, -0.1) is 0 Å². The second-order valence-electron chi connectivity index (χ2n) is 6.13. The van der Waals surface area contributed by atoms with Gasteiger partial charge in [-0.3, -0.25) is 10.1 Å². The van der Waals surface area contributed by atoms with E-state index in [0.29, 0.717) is 17.4 Å². The molecule has 2 aliphatic rings. The fourth-order valence-corrected chi connectivity index (χ4v) is 4.02. The lowest BCUT2D eigenvalue weighted by molar-refractivity contribution is -0.384. The number of ether oxygens (including phenoxy) is 1. The molecule has 1 aliphatic heterocycles. The van der Waals surface area contributed by atoms with E-state index < -0.39 is 10.5 Å². The fraction of sp³-hybridized carbons (Fsp3) is 0.316. The van der Waals surface area contributed by atoms with E-state index in [2.05, 4.69) is 26.9 Å². The number of allylic oxidation sites excluding steroid dienone is 1. The lowest BCUT2D eigenvalue weighted by atomic mass is 9.92. The number of nitrogens with zero attached hydrogens (tertiary/aromatic N) is 3. The van der Waals surface area contributed by atoms with Crippen molar-refractivity contribution < 1.29 is 9.66 Å². The maximum atomic E-state index is 10.9. The number of hydrogen-bond acceptors (Lipinski definition) is 5. The summed E-state index contributed by atoms with van der Waals surface area (Å²) in [5, 5.41) is 21.3. The Morgan fingerprint density at radius 3 is 2.62 bits per heavy atom. The summed E-state index contributed by atoms with van der Waals surface area (Å²) in [5.41, 5.74) is 2.81. The van der Waals surface area contributed by atoms with E-state index in [1.807, 2.05) is 25.2 Å². The van der Waals surface area contributed by atoms with Gasteiger partial charge in [0, 0.05) is 42.4 Å². The number of nitro groups is 1. The Kier molecular flexibility index (Phi) is 4.99. The maximum Gasteiger partial charge on any atom is 0.269 e. The van der Waals surface area contributed by atoms with Crippen LogP contribution in [-0.2, 0) is 4.74 Å². The molecule has 1 aromatic rings. The molecule has 0 spiro atoms. The second kappa shape index (κ2) is 7.06. The van der Waals surface area contributed by atoms with Crippen LogP contribution >= 0.6 is 15.9 Å². The highest BCUT2D eigenvalue weighted by Gasteiger charge is 2.40. The van der Waals surface area contributed by atoms with E-state index in [4.69, 9.17) is 4.74 Å². The van der Waals surface area contributed by atoms with E-state index in [-0.39, 0.29) is 11.7 Å². The first-order chi connectivity index (χ1) is 12.5. The molecule has 2 atom stereocenters. The molecule has 0 bridgehead atoms. The Balaban J connectivity index is 2.10. The molecule has 0 saturated carbocycles. The monoisotopic (exact) mass is 415 g/mol. The van der Waals surface area contributed by atoms with E-state index in [1.54, 1.807) is 19.2 Å². The molecule has 7 heteroatoms. The van der Waals surface area contributed by atoms with Gasteiger partial charge in [0.1, 0.15) is 5.60 Å². The maximum absolute atomic E-state index is 10.9. The Labute approximate surface area is 160 Å². The van der Waals surface area contributed by atoms with Gasteiger partial charge in [0.15, 0.2) is 0 Å². The van der Waals surface area contributed by atoms with E-state index in [0.717, 1.165) is 16.8 Å². The van der Waals surface area contributed by atoms with Gasteiger partial charge in [-0.2, -0.15) is 5.26 Å². The van der Waals surface area contributed by atoms with Gasteiger partial charge in [0.05, 0.1) is 22.6 Å². The molecule has 26 heavy (non-hydrogen) atoms. The van der Waals surface area contributed by atoms with Gasteiger partial charge < -0.3 is 9.64 Å². The van der Waals surface area contributed by atoms with Gasteiger partial charge >= 0.3 is 0 Å². The zero-order valence-electron chi connectivity index (χ0n) is 14.5. The van der Waals surface area contributed by atoms with E-state index in [1.165, 1.54) is 12.1 Å². The smallest absolute Gasteiger partial charge is 0.269 e. The van der Waals surface area contributed by atoms with Crippen LogP contribution in [0.4, 0.5) is 5.69 Å². The molecule has 0 fully saturated rings. The second-order valence-corrected chi connectivity index (χ2v) is 6.69. The van der Waals surface area contributed by atoms with Crippen LogP contribution in [0, 0.1) is 21.4 Å². The quantitative estimate of drug-likeness (QED) is 0.412. The van der Waals surface area contributed by atoms with Gasteiger partial charge in [0.2, 0.25) is 0 Å². The minimum absolute atomic E-state index is 0.0372. The zero-order valence-corrected chi connectivity index (χ0v) is 16.1. The van der Waals surface area contributed by atoms with Crippen molar-refractivity contribution in [3.05, 3.63) is 75.0 Å². The topological polar surface area (TPSA) is 79.4 Å². The van der Waals surface area contributed by atoms with Crippen LogP contribution in [0.1, 0.15) is 18.5 Å². The molecule has 0 saturated heterocycles. The number of nitro benzene ring substituents is 1. The van der Waals surface area contributed by atoms with Crippen molar-refractivity contribution in [3.63, 3.8) is 0 Å². The summed E-state index contributed by atoms with van der Waals surface area (Å²) in [4.78, 5) is 12.6. The van der Waals surface area contributed by atoms with Crippen LogP contribution in [0.25, 0.3) is 0 Å². The number of alkyl halides is 1. The normalized spacial score (nSPS) is 24.3. The van der Waals surface area contributed by atoms with Crippen LogP contribution in [0.2, 0.25) is 0 Å². The van der Waals surface area contributed by atoms with Crippen LogP contribution in [0.3, 0.4) is 0 Å². The number of hydrogen-bond donors (Lipinski definition) is 0. The first-order valence-electron chi connectivity index (χ1n) is 8.19. The van der Waals surface area contributed by atoms with Crippen LogP contribution in [0.15, 0.2) is 59.3 Å². The first-order valence-corrected chi connectivity index (χ1v) is 9.31. The summed E-state index contributed by atoms with van der Waals surface area (Å²) in [7, 11) is 1.65. The summed E-state index contributed by atoms with van der Waals surface area (Å²) in [6.07, 6.45) is 5.92. The minimum atomic E-state index is -0.558. The molecular formula is C19H18BrN3O3. The Hall–Kier alpha value is -2.43. The van der Waals surface area contributed by atoms with E-state index in [9.17, 15) is 15.4 Å². The van der Waals surface area contributed by atoms with Crippen molar-refractivity contribution in [2.24, 2.45) is 0 Å². The average Bonchev–Trinajstić information content (AvgIpc) is 3.00. The number of benzene rings is 1. The number of halogens is 1. The number of fused-ring (bicyclic) bond motifs is 1. The van der Waals surface area contributed by atoms with Crippen molar-refractivity contribution in [1.29, 1.82) is 5.26 Å². The third-order valence-electron chi connectivity index (χ3n) is 4.84. The standard InChI is InChI=1S/C19H18BrN3O3/c1-3-22-17-10-19(12-20,26-2)9-8-15(17)16(11-21)18(22)13-4-6-14(7-5-13)23(24)25/h4-10,18H,3,12H2,1-2H3. The molecule has 0 aromatic heterocycles. The first kappa shape index (κ1) is 18.4. The SMILES string of the molecule is CCN1C2=CC(CBr)(OC)C=CC2=C(C#N)C1c1ccc([N+](=O)[O-])cc1. The van der Waals surface area contributed by atoms with Gasteiger partial charge in [-0.25, -0.2) is 0 Å². The molecule has 3 rings (SSSR count). The van der Waals surface area contributed by atoms with Crippen molar-refractivity contribution >= 4 is 21.6 Å². The largest absolute Gasteiger partial charge is 0.369 e. The van der Waals surface area contributed by atoms with Crippen molar-refractivity contribution in [2.75, 3.05) is 19.0 Å². The molecule has 1 aromatic carbocycles. The van der Waals surface area contributed by atoms with Crippen molar-refractivity contribution in [2.45, 2.75) is 18.6 Å². The molecule has 0 amide bonds. The number of rotatable bonds is 5. The summed E-state index contributed by atoms with van der Waals surface area (Å²) in [5.74, 6) is 0. The Bertz CT molecular complexity index is 861. The average molecular weight is 416 g/mol. The predicted octanol–water partition coefficient (Wildman–Crippen LogP) is 4.03. The third-order valence-corrected chi connectivity index (χ3v) is 5.72. The number of nitriles is 1. The highest BCUT2D eigenvalue weighted by Crippen LogP contribution is 2.46. The molecule has 0 N–H and O–H groups in total. The van der Waals surface area contributed by atoms with Crippen LogP contribution in [0.5, 0.6) is 0 Å². The third kappa shape index (κ3) is 2.85. The van der Waals surface area contributed by atoms with Crippen molar-refractivity contribution in [3.8, 4) is 6.07 Å². The minimum Gasteiger partial charge on any atom is -0.369 e. The van der Waals surface area contributed by atoms with Gasteiger partial charge in [-0.1, -0.05) is 22.0 Å². The van der Waals surface area contributed by atoms with Gasteiger partial charge in [-0.05, 0) is 36.8 Å². The lowest BCUT2D eigenvalue weighted by Crippen LogP contribution is -2.33. The van der Waals surface area contributed by atoms with Crippen LogP contribution < -0.4 is 0 Å². The van der Waals surface area contributed by atoms with E-state index >= 15 is 0 Å². The highest BCUT2D eigenvalue weighted by molar-refractivity contribution is 9.09. The predicted molar refractivity (Wildman–Crippen MR) is 102 cm³/mol. The summed E-state index contributed by atoms with van der Waals surface area (Å²) in [6, 6.07) is 8.47. The fourth-order valence-electron chi connectivity index (χ4n) is 3.44. The summed E-state index contributed by atoms with van der Waals surface area (Å²) < 4.78 is 5.66. The molecule has 1 aliphatic carbocycles. The zero-order chi connectivity index (χ0) is 18.9. The number of likely N-dealkylation sites (N-methyl/N-ethyl adjacent to an activating group) is 1. The highest BCUT2D eigenvalue weighted by atomic mass is 79.9. The molecular weight excluding hydrogens is 398 g/mol. The molecule has 2 unspecified atom stereocenters. The lowest BCUT2D eigenvalue weighted by Gasteiger charge is -2.33. The molecule has 6 nitrogen and oxygen atoms in total. The number of non-ortho nitro benzene ring substituents is 1. The molecule has 1 heterocycles. The summed E-state index contributed by atoms with van der Waals surface area (Å²) >= 11 is 3.50. The Morgan fingerprint density at radius 2 is 2.12 bits per heavy atom. The number of methoxy groups -OCH3 is 1. The van der Waals surface area contributed by atoms with Gasteiger partial charge in [0.25, 0.3) is 5.69 Å². The van der Waals surface area contributed by atoms with Crippen molar-refractivity contribution in [1.82, 2.24) is 4.90 Å².